The smallest absolute Gasteiger partial charge is 0.147 e. The maximum absolute atomic E-state index is 12.0. The van der Waals surface area contributed by atoms with E-state index in [9.17, 15) is 4.79 Å². The van der Waals surface area contributed by atoms with E-state index in [-0.39, 0.29) is 0 Å². The lowest BCUT2D eigenvalue weighted by Gasteiger charge is -2.29. The third-order valence-electron chi connectivity index (χ3n) is 3.88. The van der Waals surface area contributed by atoms with Crippen molar-refractivity contribution in [1.29, 1.82) is 0 Å². The lowest BCUT2D eigenvalue weighted by molar-refractivity contribution is -0.120. The molecule has 0 radical (unpaired) electrons. The minimum Gasteiger partial charge on any atom is -0.497 e. The largest absolute Gasteiger partial charge is 0.497 e. The summed E-state index contributed by atoms with van der Waals surface area (Å²) < 4.78 is 5.12. The highest BCUT2D eigenvalue weighted by Gasteiger charge is 2.17. The quantitative estimate of drug-likeness (QED) is 0.858. The van der Waals surface area contributed by atoms with Gasteiger partial charge in [0.2, 0.25) is 0 Å². The Hall–Kier alpha value is -1.39. The van der Waals surface area contributed by atoms with Crippen LogP contribution in [0.15, 0.2) is 24.3 Å². The van der Waals surface area contributed by atoms with Gasteiger partial charge in [-0.3, -0.25) is 9.69 Å². The van der Waals surface area contributed by atoms with Crippen LogP contribution >= 0.6 is 0 Å². The second kappa shape index (κ2) is 7.41. The van der Waals surface area contributed by atoms with Crippen LogP contribution < -0.4 is 10.5 Å². The fourth-order valence-corrected chi connectivity index (χ4v) is 2.52. The number of benzene rings is 1. The maximum Gasteiger partial charge on any atom is 0.147 e. The van der Waals surface area contributed by atoms with Crippen molar-refractivity contribution in [2.45, 2.75) is 31.7 Å². The van der Waals surface area contributed by atoms with Gasteiger partial charge in [-0.1, -0.05) is 12.1 Å². The van der Waals surface area contributed by atoms with Crippen LogP contribution in [-0.4, -0.2) is 43.5 Å². The van der Waals surface area contributed by atoms with E-state index < -0.39 is 0 Å². The second-order valence-electron chi connectivity index (χ2n) is 5.50. The van der Waals surface area contributed by atoms with Gasteiger partial charge in [0.1, 0.15) is 11.5 Å². The van der Waals surface area contributed by atoms with Gasteiger partial charge in [0.25, 0.3) is 0 Å². The number of carbonyl (C=O) groups excluding carboxylic acids is 1. The molecule has 2 N–H and O–H groups in total. The molecule has 0 aromatic heterocycles. The zero-order valence-electron chi connectivity index (χ0n) is 12.2. The highest BCUT2D eigenvalue weighted by molar-refractivity contribution is 5.80. The molecule has 1 saturated heterocycles. The van der Waals surface area contributed by atoms with Gasteiger partial charge in [0, 0.05) is 25.6 Å². The Bertz CT molecular complexity index is 423. The number of hydrogen-bond acceptors (Lipinski definition) is 4. The van der Waals surface area contributed by atoms with Crippen LogP contribution in [0.1, 0.15) is 24.8 Å². The molecule has 0 spiro atoms. The van der Waals surface area contributed by atoms with Crippen molar-refractivity contribution in [1.82, 2.24) is 4.90 Å². The Morgan fingerprint density at radius 2 is 1.95 bits per heavy atom. The topological polar surface area (TPSA) is 55.6 Å². The van der Waals surface area contributed by atoms with E-state index >= 15 is 0 Å². The van der Waals surface area contributed by atoms with Crippen molar-refractivity contribution in [2.75, 3.05) is 26.7 Å². The average molecular weight is 276 g/mol. The number of aryl methyl sites for hydroxylation is 1. The average Bonchev–Trinajstić information content (AvgIpc) is 2.48. The Morgan fingerprint density at radius 1 is 1.30 bits per heavy atom. The van der Waals surface area contributed by atoms with Crippen molar-refractivity contribution >= 4 is 5.78 Å². The van der Waals surface area contributed by atoms with Crippen LogP contribution in [0.3, 0.4) is 0 Å². The predicted octanol–water partition coefficient (Wildman–Crippen LogP) is 1.62. The van der Waals surface area contributed by atoms with Crippen LogP contribution in [-0.2, 0) is 11.2 Å². The van der Waals surface area contributed by atoms with E-state index in [4.69, 9.17) is 10.5 Å². The Balaban J connectivity index is 1.71. The molecule has 0 atom stereocenters. The molecule has 20 heavy (non-hydrogen) atoms. The number of methoxy groups -OCH3 is 1. The third-order valence-corrected chi connectivity index (χ3v) is 3.88. The molecule has 1 aliphatic rings. The van der Waals surface area contributed by atoms with Gasteiger partial charge in [-0.15, -0.1) is 0 Å². The van der Waals surface area contributed by atoms with E-state index in [1.54, 1.807) is 7.11 Å². The van der Waals surface area contributed by atoms with Crippen LogP contribution in [0.2, 0.25) is 0 Å². The fourth-order valence-electron chi connectivity index (χ4n) is 2.52. The Labute approximate surface area is 120 Å². The van der Waals surface area contributed by atoms with Crippen molar-refractivity contribution in [3.8, 4) is 5.75 Å². The first-order valence-corrected chi connectivity index (χ1v) is 7.30. The van der Waals surface area contributed by atoms with E-state index in [2.05, 4.69) is 4.90 Å². The molecule has 1 aromatic carbocycles. The summed E-state index contributed by atoms with van der Waals surface area (Å²) in [6, 6.07) is 8.23. The molecule has 0 saturated carbocycles. The van der Waals surface area contributed by atoms with Gasteiger partial charge < -0.3 is 10.5 Å². The van der Waals surface area contributed by atoms with Crippen molar-refractivity contribution in [3.05, 3.63) is 29.8 Å². The predicted molar refractivity (Wildman–Crippen MR) is 80.0 cm³/mol. The summed E-state index contributed by atoms with van der Waals surface area (Å²) in [5, 5.41) is 0. The summed E-state index contributed by atoms with van der Waals surface area (Å²) in [6.07, 6.45) is 3.42. The molecular formula is C16H24N2O2. The van der Waals surface area contributed by atoms with Crippen molar-refractivity contribution in [3.63, 3.8) is 0 Å². The number of Topliss-reactive ketones (excluding diaryl/α,β-unsaturated/α-hetero) is 1. The Morgan fingerprint density at radius 3 is 2.55 bits per heavy atom. The molecule has 2 rings (SSSR count). The number of rotatable bonds is 6. The van der Waals surface area contributed by atoms with Crippen LogP contribution in [0.4, 0.5) is 0 Å². The normalized spacial score (nSPS) is 17.1. The molecule has 4 nitrogen and oxygen atoms in total. The maximum atomic E-state index is 12.0. The number of carbonyl (C=O) groups is 1. The minimum atomic E-state index is 0.316. The number of ketones is 1. The van der Waals surface area contributed by atoms with E-state index in [1.165, 1.54) is 5.56 Å². The molecule has 110 valence electrons. The van der Waals surface area contributed by atoms with Gasteiger partial charge in [0.05, 0.1) is 13.7 Å². The molecule has 4 heteroatoms. The number of ether oxygens (including phenoxy) is 1. The SMILES string of the molecule is COc1ccc(CCC(=O)CN2CCC(N)CC2)cc1. The van der Waals surface area contributed by atoms with Crippen molar-refractivity contribution in [2.24, 2.45) is 5.73 Å². The van der Waals surface area contributed by atoms with E-state index in [0.717, 1.165) is 38.1 Å². The van der Waals surface area contributed by atoms with Crippen LogP contribution in [0, 0.1) is 0 Å². The molecule has 0 unspecified atom stereocenters. The molecular weight excluding hydrogens is 252 g/mol. The molecule has 1 heterocycles. The summed E-state index contributed by atoms with van der Waals surface area (Å²) in [4.78, 5) is 14.2. The highest BCUT2D eigenvalue weighted by atomic mass is 16.5. The minimum absolute atomic E-state index is 0.316. The third kappa shape index (κ3) is 4.62. The first-order chi connectivity index (χ1) is 9.67. The summed E-state index contributed by atoms with van der Waals surface area (Å²) in [7, 11) is 1.66. The van der Waals surface area contributed by atoms with Gasteiger partial charge in [-0.25, -0.2) is 0 Å². The molecule has 1 aromatic rings. The van der Waals surface area contributed by atoms with Crippen LogP contribution in [0.5, 0.6) is 5.75 Å². The van der Waals surface area contributed by atoms with Crippen LogP contribution in [0.25, 0.3) is 0 Å². The zero-order valence-corrected chi connectivity index (χ0v) is 12.2. The number of nitrogens with two attached hydrogens (primary N) is 1. The number of hydrogen-bond donors (Lipinski definition) is 1. The first kappa shape index (κ1) is 15.0. The number of piperidine rings is 1. The standard InChI is InChI=1S/C16H24N2O2/c1-20-16-6-3-13(4-7-16)2-5-15(19)12-18-10-8-14(17)9-11-18/h3-4,6-7,14H,2,5,8-12,17H2,1H3. The van der Waals surface area contributed by atoms with Crippen molar-refractivity contribution < 1.29 is 9.53 Å². The van der Waals surface area contributed by atoms with E-state index in [1.807, 2.05) is 24.3 Å². The Kier molecular flexibility index (Phi) is 5.56. The lowest BCUT2D eigenvalue weighted by Crippen LogP contribution is -2.41. The van der Waals surface area contributed by atoms with Gasteiger partial charge in [-0.2, -0.15) is 0 Å². The molecule has 0 amide bonds. The monoisotopic (exact) mass is 276 g/mol. The van der Waals surface area contributed by atoms with Gasteiger partial charge in [-0.05, 0) is 37.0 Å². The zero-order chi connectivity index (χ0) is 14.4. The molecule has 1 fully saturated rings. The fraction of sp³-hybridized carbons (Fsp3) is 0.562. The van der Waals surface area contributed by atoms with E-state index in [0.29, 0.717) is 24.8 Å². The number of nitrogens with zero attached hydrogens (tertiary/aromatic N) is 1. The molecule has 1 aliphatic heterocycles. The lowest BCUT2D eigenvalue weighted by atomic mass is 10.0. The highest BCUT2D eigenvalue weighted by Crippen LogP contribution is 2.13. The number of likely N-dealkylation sites (tertiary alicyclic amines) is 1. The second-order valence-corrected chi connectivity index (χ2v) is 5.50. The van der Waals surface area contributed by atoms with Gasteiger partial charge >= 0.3 is 0 Å². The first-order valence-electron chi connectivity index (χ1n) is 7.30. The summed E-state index contributed by atoms with van der Waals surface area (Å²) >= 11 is 0. The van der Waals surface area contributed by atoms with Gasteiger partial charge in [0.15, 0.2) is 0 Å². The molecule has 0 bridgehead atoms. The summed E-state index contributed by atoms with van der Waals surface area (Å²) in [5.41, 5.74) is 7.04. The molecule has 0 aliphatic carbocycles. The summed E-state index contributed by atoms with van der Waals surface area (Å²) in [6.45, 7) is 2.48. The summed E-state index contributed by atoms with van der Waals surface area (Å²) in [5.74, 6) is 1.17.